The van der Waals surface area contributed by atoms with Crippen LogP contribution in [0.15, 0.2) is 12.4 Å². The van der Waals surface area contributed by atoms with Crippen molar-refractivity contribution >= 4 is 16.3 Å². The van der Waals surface area contributed by atoms with Gasteiger partial charge >= 0.3 is 0 Å². The summed E-state index contributed by atoms with van der Waals surface area (Å²) in [4.78, 5) is 6.75. The van der Waals surface area contributed by atoms with E-state index < -0.39 is 0 Å². The van der Waals surface area contributed by atoms with Gasteiger partial charge in [-0.1, -0.05) is 6.92 Å². The van der Waals surface area contributed by atoms with Crippen LogP contribution in [-0.2, 0) is 6.42 Å². The van der Waals surface area contributed by atoms with E-state index >= 15 is 0 Å². The lowest BCUT2D eigenvalue weighted by Gasteiger charge is -2.05. The minimum absolute atomic E-state index is 0.523. The van der Waals surface area contributed by atoms with Crippen LogP contribution in [-0.4, -0.2) is 15.9 Å². The second kappa shape index (κ2) is 3.71. The molecule has 2 aromatic rings. The summed E-state index contributed by atoms with van der Waals surface area (Å²) in [6.45, 7) is 5.00. The monoisotopic (exact) mass is 209 g/mol. The predicted octanol–water partition coefficient (Wildman–Crippen LogP) is 1.84. The molecule has 0 amide bonds. The van der Waals surface area contributed by atoms with Crippen LogP contribution in [0.2, 0.25) is 0 Å². The summed E-state index contributed by atoms with van der Waals surface area (Å²) < 4.78 is 2.17. The van der Waals surface area contributed by atoms with Gasteiger partial charge in [-0.3, -0.25) is 4.40 Å². The maximum atomic E-state index is 5.61. The molecule has 2 rings (SSSR count). The molecule has 0 saturated heterocycles. The average Bonchev–Trinajstić information content (AvgIpc) is 2.67. The van der Waals surface area contributed by atoms with Crippen molar-refractivity contribution in [2.24, 2.45) is 11.7 Å². The van der Waals surface area contributed by atoms with Gasteiger partial charge in [0.15, 0.2) is 4.96 Å². The number of rotatable bonds is 3. The quantitative estimate of drug-likeness (QED) is 0.838. The van der Waals surface area contributed by atoms with E-state index in [2.05, 4.69) is 29.4 Å². The van der Waals surface area contributed by atoms with Gasteiger partial charge in [0.1, 0.15) is 0 Å². The van der Waals surface area contributed by atoms with Crippen LogP contribution in [0.4, 0.5) is 0 Å². The lowest BCUT2D eigenvalue weighted by molar-refractivity contribution is 0.582. The molecule has 2 N–H and O–H groups in total. The van der Waals surface area contributed by atoms with Gasteiger partial charge in [0.05, 0.1) is 6.20 Å². The summed E-state index contributed by atoms with van der Waals surface area (Å²) in [5, 5.41) is 0. The number of hydrogen-bond acceptors (Lipinski definition) is 3. The Morgan fingerprint density at radius 2 is 2.43 bits per heavy atom. The Hall–Kier alpha value is -0.870. The molecule has 3 nitrogen and oxygen atoms in total. The molecule has 14 heavy (non-hydrogen) atoms. The lowest BCUT2D eigenvalue weighted by Crippen LogP contribution is -2.13. The molecule has 1 unspecified atom stereocenters. The SMILES string of the molecule is Cc1cn2c(CC(C)CN)cnc2s1. The molecule has 0 aliphatic carbocycles. The molecule has 76 valence electrons. The summed E-state index contributed by atoms with van der Waals surface area (Å²) in [6.07, 6.45) is 5.11. The minimum Gasteiger partial charge on any atom is -0.330 e. The third-order valence-corrected chi connectivity index (χ3v) is 3.27. The molecule has 0 bridgehead atoms. The zero-order valence-electron chi connectivity index (χ0n) is 8.53. The average molecular weight is 209 g/mol. The van der Waals surface area contributed by atoms with Gasteiger partial charge in [-0.15, -0.1) is 11.3 Å². The zero-order valence-corrected chi connectivity index (χ0v) is 9.34. The lowest BCUT2D eigenvalue weighted by atomic mass is 10.1. The number of aryl methyl sites for hydroxylation is 1. The first kappa shape index (κ1) is 9.68. The molecule has 0 radical (unpaired) electrons. The molecule has 2 aromatic heterocycles. The van der Waals surface area contributed by atoms with Gasteiger partial charge in [-0.25, -0.2) is 4.98 Å². The fourth-order valence-electron chi connectivity index (χ4n) is 1.53. The molecular weight excluding hydrogens is 194 g/mol. The van der Waals surface area contributed by atoms with Crippen LogP contribution in [0, 0.1) is 12.8 Å². The normalized spacial score (nSPS) is 13.6. The Bertz CT molecular complexity index is 429. The molecule has 0 fully saturated rings. The van der Waals surface area contributed by atoms with Gasteiger partial charge in [-0.05, 0) is 25.8 Å². The van der Waals surface area contributed by atoms with Gasteiger partial charge < -0.3 is 5.73 Å². The van der Waals surface area contributed by atoms with E-state index in [0.29, 0.717) is 5.92 Å². The van der Waals surface area contributed by atoms with Crippen molar-refractivity contribution in [3.05, 3.63) is 23.0 Å². The first-order chi connectivity index (χ1) is 6.70. The molecule has 0 aliphatic heterocycles. The van der Waals surface area contributed by atoms with Crippen LogP contribution in [0.3, 0.4) is 0 Å². The van der Waals surface area contributed by atoms with E-state index in [4.69, 9.17) is 5.73 Å². The van der Waals surface area contributed by atoms with Crippen molar-refractivity contribution in [1.29, 1.82) is 0 Å². The first-order valence-corrected chi connectivity index (χ1v) is 5.64. The van der Waals surface area contributed by atoms with Crippen LogP contribution >= 0.6 is 11.3 Å². The highest BCUT2D eigenvalue weighted by atomic mass is 32.1. The van der Waals surface area contributed by atoms with Gasteiger partial charge in [0.2, 0.25) is 0 Å². The topological polar surface area (TPSA) is 43.3 Å². The van der Waals surface area contributed by atoms with Crippen LogP contribution in [0.5, 0.6) is 0 Å². The Balaban J connectivity index is 2.32. The van der Waals surface area contributed by atoms with Crippen molar-refractivity contribution in [3.63, 3.8) is 0 Å². The van der Waals surface area contributed by atoms with Gasteiger partial charge in [0, 0.05) is 16.8 Å². The van der Waals surface area contributed by atoms with E-state index in [1.807, 2.05) is 6.20 Å². The Morgan fingerprint density at radius 1 is 1.64 bits per heavy atom. The third kappa shape index (κ3) is 1.67. The van der Waals surface area contributed by atoms with E-state index in [9.17, 15) is 0 Å². The first-order valence-electron chi connectivity index (χ1n) is 4.83. The summed E-state index contributed by atoms with van der Waals surface area (Å²) >= 11 is 1.73. The molecule has 2 heterocycles. The number of aromatic nitrogens is 2. The van der Waals surface area contributed by atoms with Gasteiger partial charge in [-0.2, -0.15) is 0 Å². The number of hydrogen-bond donors (Lipinski definition) is 1. The van der Waals surface area contributed by atoms with Crippen LogP contribution in [0.25, 0.3) is 4.96 Å². The number of nitrogens with two attached hydrogens (primary N) is 1. The molecule has 0 saturated carbocycles. The van der Waals surface area contributed by atoms with E-state index in [1.165, 1.54) is 10.6 Å². The number of thiazole rings is 1. The second-order valence-electron chi connectivity index (χ2n) is 3.79. The highest BCUT2D eigenvalue weighted by Gasteiger charge is 2.08. The Morgan fingerprint density at radius 3 is 3.14 bits per heavy atom. The number of nitrogens with zero attached hydrogens (tertiary/aromatic N) is 2. The van der Waals surface area contributed by atoms with Crippen molar-refractivity contribution in [3.8, 4) is 0 Å². The second-order valence-corrected chi connectivity index (χ2v) is 5.00. The molecule has 1 atom stereocenters. The molecule has 0 spiro atoms. The van der Waals surface area contributed by atoms with Crippen molar-refractivity contribution in [1.82, 2.24) is 9.38 Å². The van der Waals surface area contributed by atoms with Crippen LogP contribution < -0.4 is 5.73 Å². The van der Waals surface area contributed by atoms with Crippen LogP contribution in [0.1, 0.15) is 17.5 Å². The predicted molar refractivity (Wildman–Crippen MR) is 59.7 cm³/mol. The van der Waals surface area contributed by atoms with Gasteiger partial charge in [0.25, 0.3) is 0 Å². The minimum atomic E-state index is 0.523. The summed E-state index contributed by atoms with van der Waals surface area (Å²) in [6, 6.07) is 0. The summed E-state index contributed by atoms with van der Waals surface area (Å²) in [5.41, 5.74) is 6.88. The Kier molecular flexibility index (Phi) is 2.56. The Labute approximate surface area is 87.6 Å². The largest absolute Gasteiger partial charge is 0.330 e. The van der Waals surface area contributed by atoms with E-state index in [0.717, 1.165) is 17.9 Å². The summed E-state index contributed by atoms with van der Waals surface area (Å²) in [5.74, 6) is 0.523. The van der Waals surface area contributed by atoms with E-state index in [1.54, 1.807) is 11.3 Å². The molecular formula is C10H15N3S. The summed E-state index contributed by atoms with van der Waals surface area (Å²) in [7, 11) is 0. The fraction of sp³-hybridized carbons (Fsp3) is 0.500. The molecule has 0 aromatic carbocycles. The van der Waals surface area contributed by atoms with E-state index in [-0.39, 0.29) is 0 Å². The molecule has 4 heteroatoms. The highest BCUT2D eigenvalue weighted by Crippen LogP contribution is 2.19. The zero-order chi connectivity index (χ0) is 10.1. The number of imidazole rings is 1. The maximum absolute atomic E-state index is 5.61. The highest BCUT2D eigenvalue weighted by molar-refractivity contribution is 7.16. The molecule has 0 aliphatic rings. The number of fused-ring (bicyclic) bond motifs is 1. The maximum Gasteiger partial charge on any atom is 0.194 e. The third-order valence-electron chi connectivity index (χ3n) is 2.36. The van der Waals surface area contributed by atoms with Crippen molar-refractivity contribution in [2.75, 3.05) is 6.54 Å². The van der Waals surface area contributed by atoms with Crippen molar-refractivity contribution in [2.45, 2.75) is 20.3 Å². The fourth-order valence-corrected chi connectivity index (χ4v) is 2.35. The smallest absolute Gasteiger partial charge is 0.194 e. The van der Waals surface area contributed by atoms with Crippen molar-refractivity contribution < 1.29 is 0 Å². The standard InChI is InChI=1S/C10H15N3S/c1-7(4-11)3-9-5-12-10-13(9)6-8(2)14-10/h5-7H,3-4,11H2,1-2H3.